The van der Waals surface area contributed by atoms with Crippen molar-refractivity contribution < 1.29 is 8.42 Å². The highest BCUT2D eigenvalue weighted by Gasteiger charge is 2.11. The van der Waals surface area contributed by atoms with E-state index in [2.05, 4.69) is 18.0 Å². The van der Waals surface area contributed by atoms with Crippen LogP contribution in [-0.2, 0) is 16.3 Å². The maximum atomic E-state index is 11.2. The molecule has 6 heteroatoms. The lowest BCUT2D eigenvalue weighted by Crippen LogP contribution is -2.26. The van der Waals surface area contributed by atoms with Crippen molar-refractivity contribution in [3.63, 3.8) is 0 Å². The highest BCUT2D eigenvalue weighted by molar-refractivity contribution is 7.90. The van der Waals surface area contributed by atoms with Crippen molar-refractivity contribution >= 4 is 15.7 Å². The van der Waals surface area contributed by atoms with Gasteiger partial charge in [-0.3, -0.25) is 0 Å². The van der Waals surface area contributed by atoms with E-state index >= 15 is 0 Å². The number of rotatable bonds is 7. The molecule has 1 aromatic rings. The average molecular weight is 299 g/mol. The van der Waals surface area contributed by atoms with Gasteiger partial charge in [-0.15, -0.1) is 0 Å². The standard InChI is InChI=1S/C14H25N3O2S/c1-5-13(15)9-12-8-11(2)14(16-10-12)17(3)6-7-20(4,18)19/h8,10,13H,5-7,9,15H2,1-4H3. The fourth-order valence-electron chi connectivity index (χ4n) is 1.99. The second-order valence-electron chi connectivity index (χ2n) is 5.41. The van der Waals surface area contributed by atoms with Crippen LogP contribution in [-0.4, -0.2) is 45.0 Å². The molecule has 0 bridgehead atoms. The van der Waals surface area contributed by atoms with E-state index in [4.69, 9.17) is 5.73 Å². The van der Waals surface area contributed by atoms with Crippen molar-refractivity contribution in [2.45, 2.75) is 32.7 Å². The molecule has 0 saturated carbocycles. The molecule has 20 heavy (non-hydrogen) atoms. The van der Waals surface area contributed by atoms with Gasteiger partial charge < -0.3 is 10.6 Å². The number of pyridine rings is 1. The third kappa shape index (κ3) is 5.46. The van der Waals surface area contributed by atoms with Crippen molar-refractivity contribution in [1.29, 1.82) is 0 Å². The Hall–Kier alpha value is -1.14. The molecule has 0 aliphatic carbocycles. The van der Waals surface area contributed by atoms with Gasteiger partial charge in [0, 0.05) is 32.1 Å². The number of aromatic nitrogens is 1. The Morgan fingerprint density at radius 3 is 2.60 bits per heavy atom. The zero-order chi connectivity index (χ0) is 15.3. The number of nitrogens with zero attached hydrogens (tertiary/aromatic N) is 2. The van der Waals surface area contributed by atoms with Gasteiger partial charge in [0.2, 0.25) is 0 Å². The molecule has 2 N–H and O–H groups in total. The lowest BCUT2D eigenvalue weighted by Gasteiger charge is -2.20. The van der Waals surface area contributed by atoms with Crippen LogP contribution in [0.1, 0.15) is 24.5 Å². The van der Waals surface area contributed by atoms with Gasteiger partial charge >= 0.3 is 0 Å². The summed E-state index contributed by atoms with van der Waals surface area (Å²) in [5.41, 5.74) is 8.11. The summed E-state index contributed by atoms with van der Waals surface area (Å²) >= 11 is 0. The number of hydrogen-bond donors (Lipinski definition) is 1. The first-order chi connectivity index (χ1) is 9.23. The summed E-state index contributed by atoms with van der Waals surface area (Å²) in [4.78, 5) is 6.32. The van der Waals surface area contributed by atoms with E-state index in [0.717, 1.165) is 29.8 Å². The van der Waals surface area contributed by atoms with Crippen LogP contribution in [0.2, 0.25) is 0 Å². The van der Waals surface area contributed by atoms with Crippen LogP contribution in [0.3, 0.4) is 0 Å². The molecule has 1 atom stereocenters. The zero-order valence-corrected chi connectivity index (χ0v) is 13.6. The summed E-state index contributed by atoms with van der Waals surface area (Å²) in [5, 5.41) is 0. The van der Waals surface area contributed by atoms with E-state index in [-0.39, 0.29) is 11.8 Å². The molecule has 0 radical (unpaired) electrons. The molecule has 1 unspecified atom stereocenters. The Kier molecular flexibility index (Phi) is 5.95. The minimum absolute atomic E-state index is 0.132. The lowest BCUT2D eigenvalue weighted by atomic mass is 10.0. The number of anilines is 1. The van der Waals surface area contributed by atoms with Crippen LogP contribution in [0.4, 0.5) is 5.82 Å². The molecular weight excluding hydrogens is 274 g/mol. The van der Waals surface area contributed by atoms with Crippen LogP contribution in [0.15, 0.2) is 12.3 Å². The van der Waals surface area contributed by atoms with E-state index in [1.807, 2.05) is 25.1 Å². The Bertz CT molecular complexity index is 543. The van der Waals surface area contributed by atoms with Gasteiger partial charge in [0.15, 0.2) is 0 Å². The minimum Gasteiger partial charge on any atom is -0.358 e. The molecule has 1 aromatic heterocycles. The predicted octanol–water partition coefficient (Wildman–Crippen LogP) is 1.15. The lowest BCUT2D eigenvalue weighted by molar-refractivity contribution is 0.601. The van der Waals surface area contributed by atoms with Crippen LogP contribution >= 0.6 is 0 Å². The van der Waals surface area contributed by atoms with Gasteiger partial charge in [-0.1, -0.05) is 13.0 Å². The highest BCUT2D eigenvalue weighted by atomic mass is 32.2. The first-order valence-corrected chi connectivity index (χ1v) is 8.89. The Morgan fingerprint density at radius 1 is 1.45 bits per heavy atom. The fraction of sp³-hybridized carbons (Fsp3) is 0.643. The molecule has 1 heterocycles. The molecule has 1 rings (SSSR count). The van der Waals surface area contributed by atoms with Crippen molar-refractivity contribution in [2.24, 2.45) is 5.73 Å². The number of hydrogen-bond acceptors (Lipinski definition) is 5. The van der Waals surface area contributed by atoms with Crippen LogP contribution in [0, 0.1) is 6.92 Å². The summed E-state index contributed by atoms with van der Waals surface area (Å²) in [5.74, 6) is 0.954. The van der Waals surface area contributed by atoms with Gasteiger partial charge in [0.05, 0.1) is 5.75 Å². The topological polar surface area (TPSA) is 76.3 Å². The SMILES string of the molecule is CCC(N)Cc1cnc(N(C)CCS(C)(=O)=O)c(C)c1. The van der Waals surface area contributed by atoms with Gasteiger partial charge in [-0.05, 0) is 30.9 Å². The van der Waals surface area contributed by atoms with Crippen LogP contribution in [0.25, 0.3) is 0 Å². The van der Waals surface area contributed by atoms with Crippen LogP contribution in [0.5, 0.6) is 0 Å². The Balaban J connectivity index is 2.77. The molecule has 0 aliphatic rings. The molecule has 0 aromatic carbocycles. The molecule has 0 fully saturated rings. The quantitative estimate of drug-likeness (QED) is 0.817. The summed E-state index contributed by atoms with van der Waals surface area (Å²) in [6.45, 7) is 4.50. The number of aryl methyl sites for hydroxylation is 1. The molecule has 0 amide bonds. The zero-order valence-electron chi connectivity index (χ0n) is 12.8. The van der Waals surface area contributed by atoms with Gasteiger partial charge in [-0.2, -0.15) is 0 Å². The molecule has 0 aliphatic heterocycles. The fourth-order valence-corrected chi connectivity index (χ4v) is 2.60. The van der Waals surface area contributed by atoms with Crippen LogP contribution < -0.4 is 10.6 Å². The van der Waals surface area contributed by atoms with E-state index in [9.17, 15) is 8.42 Å². The predicted molar refractivity (Wildman–Crippen MR) is 83.9 cm³/mol. The largest absolute Gasteiger partial charge is 0.358 e. The van der Waals surface area contributed by atoms with Gasteiger partial charge in [0.25, 0.3) is 0 Å². The summed E-state index contributed by atoms with van der Waals surface area (Å²) in [7, 11) is -1.09. The average Bonchev–Trinajstić information content (AvgIpc) is 2.35. The molecule has 0 saturated heterocycles. The van der Waals surface area contributed by atoms with Crippen molar-refractivity contribution in [2.75, 3.05) is 30.5 Å². The molecular formula is C14H25N3O2S. The van der Waals surface area contributed by atoms with Gasteiger partial charge in [-0.25, -0.2) is 13.4 Å². The van der Waals surface area contributed by atoms with E-state index in [1.54, 1.807) is 0 Å². The van der Waals surface area contributed by atoms with E-state index in [1.165, 1.54) is 6.26 Å². The summed E-state index contributed by atoms with van der Waals surface area (Å²) < 4.78 is 22.4. The highest BCUT2D eigenvalue weighted by Crippen LogP contribution is 2.17. The maximum absolute atomic E-state index is 11.2. The summed E-state index contributed by atoms with van der Waals surface area (Å²) in [6.07, 6.45) is 4.83. The Labute approximate surface area is 122 Å². The summed E-state index contributed by atoms with van der Waals surface area (Å²) in [6, 6.07) is 2.24. The smallest absolute Gasteiger partial charge is 0.149 e. The van der Waals surface area contributed by atoms with Crippen molar-refractivity contribution in [1.82, 2.24) is 4.98 Å². The normalized spacial score (nSPS) is 13.2. The Morgan fingerprint density at radius 2 is 2.10 bits per heavy atom. The monoisotopic (exact) mass is 299 g/mol. The first-order valence-electron chi connectivity index (χ1n) is 6.83. The molecule has 5 nitrogen and oxygen atoms in total. The van der Waals surface area contributed by atoms with E-state index < -0.39 is 9.84 Å². The first kappa shape index (κ1) is 16.9. The van der Waals surface area contributed by atoms with Gasteiger partial charge in [0.1, 0.15) is 15.7 Å². The third-order valence-electron chi connectivity index (χ3n) is 3.29. The number of nitrogens with two attached hydrogens (primary N) is 1. The van der Waals surface area contributed by atoms with E-state index in [0.29, 0.717) is 6.54 Å². The third-order valence-corrected chi connectivity index (χ3v) is 4.21. The molecule has 114 valence electrons. The molecule has 0 spiro atoms. The minimum atomic E-state index is -2.95. The second-order valence-corrected chi connectivity index (χ2v) is 7.67. The maximum Gasteiger partial charge on any atom is 0.149 e. The van der Waals surface area contributed by atoms with Crippen molar-refractivity contribution in [3.8, 4) is 0 Å². The number of sulfone groups is 1. The van der Waals surface area contributed by atoms with Crippen molar-refractivity contribution in [3.05, 3.63) is 23.4 Å². The second kappa shape index (κ2) is 7.04.